The van der Waals surface area contributed by atoms with Gasteiger partial charge < -0.3 is 5.73 Å². The summed E-state index contributed by atoms with van der Waals surface area (Å²) in [5, 5.41) is 0. The molecule has 0 radical (unpaired) electrons. The molecule has 0 spiro atoms. The SMILES string of the molecule is Cc1cc(C)c(C(N)c2ccncc2)cc1C. The first-order valence-corrected chi connectivity index (χ1v) is 5.83. The molecule has 1 heterocycles. The van der Waals surface area contributed by atoms with Crippen LogP contribution < -0.4 is 5.73 Å². The predicted molar refractivity (Wildman–Crippen MR) is 70.9 cm³/mol. The minimum atomic E-state index is -0.0719. The fraction of sp³-hybridized carbons (Fsp3) is 0.267. The van der Waals surface area contributed by atoms with Crippen molar-refractivity contribution in [3.63, 3.8) is 0 Å². The molecular weight excluding hydrogens is 208 g/mol. The summed E-state index contributed by atoms with van der Waals surface area (Å²) in [6.45, 7) is 6.37. The van der Waals surface area contributed by atoms with Gasteiger partial charge in [-0.05, 0) is 60.7 Å². The van der Waals surface area contributed by atoms with Gasteiger partial charge in [-0.3, -0.25) is 4.98 Å². The average Bonchev–Trinajstić information content (AvgIpc) is 2.34. The highest BCUT2D eigenvalue weighted by Crippen LogP contribution is 2.24. The minimum absolute atomic E-state index is 0.0719. The van der Waals surface area contributed by atoms with Gasteiger partial charge in [0.1, 0.15) is 0 Å². The molecule has 88 valence electrons. The topological polar surface area (TPSA) is 38.9 Å². The Hall–Kier alpha value is -1.67. The van der Waals surface area contributed by atoms with E-state index in [1.165, 1.54) is 22.3 Å². The van der Waals surface area contributed by atoms with Crippen LogP contribution in [0.5, 0.6) is 0 Å². The summed E-state index contributed by atoms with van der Waals surface area (Å²) >= 11 is 0. The molecule has 0 fully saturated rings. The molecule has 1 unspecified atom stereocenters. The molecule has 0 aliphatic rings. The van der Waals surface area contributed by atoms with Gasteiger partial charge in [0.05, 0.1) is 6.04 Å². The molecular formula is C15H18N2. The summed E-state index contributed by atoms with van der Waals surface area (Å²) < 4.78 is 0. The number of benzene rings is 1. The van der Waals surface area contributed by atoms with Crippen LogP contribution in [0, 0.1) is 20.8 Å². The van der Waals surface area contributed by atoms with Gasteiger partial charge in [0.2, 0.25) is 0 Å². The third kappa shape index (κ3) is 2.37. The highest BCUT2D eigenvalue weighted by atomic mass is 14.7. The molecule has 0 aliphatic carbocycles. The van der Waals surface area contributed by atoms with Crippen molar-refractivity contribution < 1.29 is 0 Å². The van der Waals surface area contributed by atoms with Crippen LogP contribution in [0.4, 0.5) is 0 Å². The Balaban J connectivity index is 2.44. The van der Waals surface area contributed by atoms with Crippen molar-refractivity contribution in [2.45, 2.75) is 26.8 Å². The van der Waals surface area contributed by atoms with Crippen LogP contribution in [0.1, 0.15) is 33.9 Å². The summed E-state index contributed by atoms with van der Waals surface area (Å²) in [6, 6.07) is 8.26. The quantitative estimate of drug-likeness (QED) is 0.854. The highest BCUT2D eigenvalue weighted by Gasteiger charge is 2.12. The molecule has 2 heteroatoms. The maximum atomic E-state index is 6.31. The largest absolute Gasteiger partial charge is 0.320 e. The summed E-state index contributed by atoms with van der Waals surface area (Å²) in [5.74, 6) is 0. The van der Waals surface area contributed by atoms with Crippen molar-refractivity contribution >= 4 is 0 Å². The van der Waals surface area contributed by atoms with Crippen molar-refractivity contribution in [2.75, 3.05) is 0 Å². The average molecular weight is 226 g/mol. The zero-order valence-electron chi connectivity index (χ0n) is 10.6. The smallest absolute Gasteiger partial charge is 0.0555 e. The third-order valence-corrected chi connectivity index (χ3v) is 3.28. The first-order chi connectivity index (χ1) is 8.09. The monoisotopic (exact) mass is 226 g/mol. The Morgan fingerprint density at radius 3 is 2.18 bits per heavy atom. The lowest BCUT2D eigenvalue weighted by Gasteiger charge is -2.17. The van der Waals surface area contributed by atoms with E-state index in [4.69, 9.17) is 5.73 Å². The van der Waals surface area contributed by atoms with E-state index in [1.807, 2.05) is 12.1 Å². The fourth-order valence-electron chi connectivity index (χ4n) is 2.07. The molecule has 1 atom stereocenters. The zero-order valence-corrected chi connectivity index (χ0v) is 10.6. The van der Waals surface area contributed by atoms with Crippen molar-refractivity contribution in [1.29, 1.82) is 0 Å². The van der Waals surface area contributed by atoms with Crippen LogP contribution in [-0.4, -0.2) is 4.98 Å². The van der Waals surface area contributed by atoms with E-state index in [9.17, 15) is 0 Å². The summed E-state index contributed by atoms with van der Waals surface area (Å²) in [6.07, 6.45) is 3.57. The van der Waals surface area contributed by atoms with Crippen LogP contribution in [-0.2, 0) is 0 Å². The normalized spacial score (nSPS) is 12.5. The maximum Gasteiger partial charge on any atom is 0.0555 e. The second-order valence-corrected chi connectivity index (χ2v) is 4.55. The summed E-state index contributed by atoms with van der Waals surface area (Å²) in [7, 11) is 0. The van der Waals surface area contributed by atoms with Gasteiger partial charge in [-0.2, -0.15) is 0 Å². The van der Waals surface area contributed by atoms with Crippen LogP contribution in [0.15, 0.2) is 36.7 Å². The van der Waals surface area contributed by atoms with E-state index in [1.54, 1.807) is 12.4 Å². The Bertz CT molecular complexity index is 518. The number of nitrogens with two attached hydrogens (primary N) is 1. The number of pyridine rings is 1. The number of nitrogens with zero attached hydrogens (tertiary/aromatic N) is 1. The number of hydrogen-bond acceptors (Lipinski definition) is 2. The van der Waals surface area contributed by atoms with Crippen molar-refractivity contribution in [3.05, 3.63) is 64.5 Å². The molecule has 0 amide bonds. The lowest BCUT2D eigenvalue weighted by atomic mass is 9.93. The van der Waals surface area contributed by atoms with Gasteiger partial charge in [0.15, 0.2) is 0 Å². The molecule has 2 N–H and O–H groups in total. The van der Waals surface area contributed by atoms with Crippen LogP contribution in [0.3, 0.4) is 0 Å². The second kappa shape index (κ2) is 4.68. The van der Waals surface area contributed by atoms with Crippen molar-refractivity contribution in [1.82, 2.24) is 4.98 Å². The Labute approximate surface area is 103 Å². The first kappa shape index (κ1) is 11.8. The minimum Gasteiger partial charge on any atom is -0.320 e. The van der Waals surface area contributed by atoms with E-state index >= 15 is 0 Å². The van der Waals surface area contributed by atoms with Crippen LogP contribution >= 0.6 is 0 Å². The molecule has 17 heavy (non-hydrogen) atoms. The van der Waals surface area contributed by atoms with E-state index in [-0.39, 0.29) is 6.04 Å². The van der Waals surface area contributed by atoms with Gasteiger partial charge in [0.25, 0.3) is 0 Å². The van der Waals surface area contributed by atoms with Crippen molar-refractivity contribution in [3.8, 4) is 0 Å². The molecule has 2 rings (SSSR count). The lowest BCUT2D eigenvalue weighted by molar-refractivity contribution is 0.855. The molecule has 0 saturated carbocycles. The second-order valence-electron chi connectivity index (χ2n) is 4.55. The predicted octanol–water partition coefficient (Wildman–Crippen LogP) is 3.05. The Morgan fingerprint density at radius 1 is 0.941 bits per heavy atom. The maximum absolute atomic E-state index is 6.31. The fourth-order valence-corrected chi connectivity index (χ4v) is 2.07. The number of aryl methyl sites for hydroxylation is 3. The van der Waals surface area contributed by atoms with Gasteiger partial charge in [0, 0.05) is 12.4 Å². The molecule has 2 aromatic rings. The van der Waals surface area contributed by atoms with E-state index in [0.717, 1.165) is 5.56 Å². The van der Waals surface area contributed by atoms with Gasteiger partial charge in [-0.1, -0.05) is 12.1 Å². The van der Waals surface area contributed by atoms with Gasteiger partial charge >= 0.3 is 0 Å². The standard InChI is InChI=1S/C15H18N2/c1-10-8-12(3)14(9-11(10)2)15(16)13-4-6-17-7-5-13/h4-9,15H,16H2,1-3H3. The third-order valence-electron chi connectivity index (χ3n) is 3.28. The molecule has 0 aliphatic heterocycles. The first-order valence-electron chi connectivity index (χ1n) is 5.83. The number of rotatable bonds is 2. The Kier molecular flexibility index (Phi) is 3.25. The van der Waals surface area contributed by atoms with E-state index in [0.29, 0.717) is 0 Å². The molecule has 1 aromatic heterocycles. The number of aromatic nitrogens is 1. The molecule has 0 bridgehead atoms. The van der Waals surface area contributed by atoms with E-state index < -0.39 is 0 Å². The zero-order chi connectivity index (χ0) is 12.4. The van der Waals surface area contributed by atoms with Crippen LogP contribution in [0.2, 0.25) is 0 Å². The van der Waals surface area contributed by atoms with Gasteiger partial charge in [-0.15, -0.1) is 0 Å². The summed E-state index contributed by atoms with van der Waals surface area (Å²) in [5.41, 5.74) is 12.5. The Morgan fingerprint density at radius 2 is 1.53 bits per heavy atom. The van der Waals surface area contributed by atoms with Crippen LogP contribution in [0.25, 0.3) is 0 Å². The van der Waals surface area contributed by atoms with Gasteiger partial charge in [-0.25, -0.2) is 0 Å². The van der Waals surface area contributed by atoms with E-state index in [2.05, 4.69) is 37.9 Å². The lowest BCUT2D eigenvalue weighted by Crippen LogP contribution is -2.13. The molecule has 2 nitrogen and oxygen atoms in total. The van der Waals surface area contributed by atoms with Crippen molar-refractivity contribution in [2.24, 2.45) is 5.73 Å². The highest BCUT2D eigenvalue weighted by molar-refractivity contribution is 5.41. The summed E-state index contributed by atoms with van der Waals surface area (Å²) in [4.78, 5) is 4.02. The molecule has 1 aromatic carbocycles. The molecule has 0 saturated heterocycles. The number of hydrogen-bond donors (Lipinski definition) is 1.